The van der Waals surface area contributed by atoms with E-state index in [1.54, 1.807) is 19.2 Å². The van der Waals surface area contributed by atoms with Crippen molar-refractivity contribution >= 4 is 5.69 Å². The van der Waals surface area contributed by atoms with Gasteiger partial charge in [0.1, 0.15) is 6.61 Å². The van der Waals surface area contributed by atoms with Crippen LogP contribution in [0.25, 0.3) is 0 Å². The molecule has 0 atom stereocenters. The zero-order valence-corrected chi connectivity index (χ0v) is 10.8. The molecule has 0 saturated heterocycles. The number of ether oxygens (including phenoxy) is 2. The molecule has 106 valence electrons. The lowest BCUT2D eigenvalue weighted by Gasteiger charge is -2.08. The summed E-state index contributed by atoms with van der Waals surface area (Å²) in [5, 5.41) is 22.7. The molecule has 7 nitrogen and oxygen atoms in total. The van der Waals surface area contributed by atoms with Crippen LogP contribution in [0.5, 0.6) is 5.75 Å². The second kappa shape index (κ2) is 8.41. The smallest absolute Gasteiger partial charge is 0.310 e. The first-order chi connectivity index (χ1) is 9.19. The van der Waals surface area contributed by atoms with Gasteiger partial charge in [-0.2, -0.15) is 0 Å². The largest absolute Gasteiger partial charge is 0.484 e. The highest BCUT2D eigenvalue weighted by Crippen LogP contribution is 2.27. The number of hydrogen-bond acceptors (Lipinski definition) is 6. The molecule has 0 radical (unpaired) electrons. The average molecular weight is 270 g/mol. The molecule has 0 saturated carbocycles. The highest BCUT2D eigenvalue weighted by Gasteiger charge is 2.15. The zero-order chi connectivity index (χ0) is 14.1. The standard InChI is InChI=1S/C12H18N2O5/c1-18-6-4-13-9-10-2-3-11(14(16)17)12(8-10)19-7-5-15/h2-3,8,13,15H,4-7,9H2,1H3. The van der Waals surface area contributed by atoms with Gasteiger partial charge in [0, 0.05) is 26.3 Å². The Morgan fingerprint density at radius 3 is 2.84 bits per heavy atom. The van der Waals surface area contributed by atoms with Gasteiger partial charge >= 0.3 is 5.69 Å². The fourth-order valence-corrected chi connectivity index (χ4v) is 1.50. The van der Waals surface area contributed by atoms with Crippen LogP contribution in [0.2, 0.25) is 0 Å². The molecule has 0 aromatic heterocycles. The van der Waals surface area contributed by atoms with E-state index in [1.165, 1.54) is 6.07 Å². The Morgan fingerprint density at radius 2 is 2.21 bits per heavy atom. The molecule has 0 aliphatic heterocycles. The predicted octanol–water partition coefficient (Wildman–Crippen LogP) is 0.702. The van der Waals surface area contributed by atoms with Crippen LogP contribution < -0.4 is 10.1 Å². The fourth-order valence-electron chi connectivity index (χ4n) is 1.50. The summed E-state index contributed by atoms with van der Waals surface area (Å²) >= 11 is 0. The maximum atomic E-state index is 10.8. The first-order valence-corrected chi connectivity index (χ1v) is 5.89. The van der Waals surface area contributed by atoms with Crippen molar-refractivity contribution in [2.75, 3.05) is 33.5 Å². The molecule has 19 heavy (non-hydrogen) atoms. The minimum absolute atomic E-state index is 0.0292. The van der Waals surface area contributed by atoms with Crippen LogP contribution in [0.1, 0.15) is 5.56 Å². The first kappa shape index (κ1) is 15.4. The van der Waals surface area contributed by atoms with Crippen molar-refractivity contribution in [3.05, 3.63) is 33.9 Å². The Morgan fingerprint density at radius 1 is 1.42 bits per heavy atom. The lowest BCUT2D eigenvalue weighted by molar-refractivity contribution is -0.385. The molecule has 0 fully saturated rings. The number of nitro groups is 1. The van der Waals surface area contributed by atoms with Crippen molar-refractivity contribution in [1.82, 2.24) is 5.32 Å². The first-order valence-electron chi connectivity index (χ1n) is 5.89. The van der Waals surface area contributed by atoms with Crippen LogP contribution >= 0.6 is 0 Å². The molecular formula is C12H18N2O5. The van der Waals surface area contributed by atoms with Gasteiger partial charge in [-0.1, -0.05) is 6.07 Å². The third-order valence-corrected chi connectivity index (χ3v) is 2.38. The number of nitrogens with one attached hydrogen (secondary N) is 1. The van der Waals surface area contributed by atoms with Crippen molar-refractivity contribution < 1.29 is 19.5 Å². The van der Waals surface area contributed by atoms with Crippen LogP contribution in [0, 0.1) is 10.1 Å². The summed E-state index contributed by atoms with van der Waals surface area (Å²) < 4.78 is 10.1. The third kappa shape index (κ3) is 5.21. The fraction of sp³-hybridized carbons (Fsp3) is 0.500. The molecule has 0 amide bonds. The molecule has 1 rings (SSSR count). The average Bonchev–Trinajstić information content (AvgIpc) is 2.41. The van der Waals surface area contributed by atoms with E-state index in [1.807, 2.05) is 0 Å². The molecule has 0 bridgehead atoms. The number of methoxy groups -OCH3 is 1. The minimum Gasteiger partial charge on any atom is -0.484 e. The monoisotopic (exact) mass is 270 g/mol. The van der Waals surface area contributed by atoms with Crippen molar-refractivity contribution in [1.29, 1.82) is 0 Å². The number of aliphatic hydroxyl groups is 1. The van der Waals surface area contributed by atoms with Crippen molar-refractivity contribution in [3.63, 3.8) is 0 Å². The van der Waals surface area contributed by atoms with Crippen LogP contribution in [0.15, 0.2) is 18.2 Å². The van der Waals surface area contributed by atoms with E-state index in [0.717, 1.165) is 5.56 Å². The number of nitrogens with zero attached hydrogens (tertiary/aromatic N) is 1. The van der Waals surface area contributed by atoms with Crippen molar-refractivity contribution in [2.45, 2.75) is 6.54 Å². The summed E-state index contributed by atoms with van der Waals surface area (Å²) in [4.78, 5) is 10.3. The summed E-state index contributed by atoms with van der Waals surface area (Å²) in [6.07, 6.45) is 0. The molecule has 0 heterocycles. The van der Waals surface area contributed by atoms with Gasteiger partial charge in [-0.25, -0.2) is 0 Å². The van der Waals surface area contributed by atoms with Gasteiger partial charge in [0.2, 0.25) is 0 Å². The summed E-state index contributed by atoms with van der Waals surface area (Å²) in [6, 6.07) is 4.68. The number of benzene rings is 1. The van der Waals surface area contributed by atoms with E-state index in [2.05, 4.69) is 5.32 Å². The Labute approximate surface area is 111 Å². The molecule has 0 spiro atoms. The van der Waals surface area contributed by atoms with Gasteiger partial charge in [-0.05, 0) is 11.6 Å². The summed E-state index contributed by atoms with van der Waals surface area (Å²) in [5.74, 6) is 0.171. The van der Waals surface area contributed by atoms with Crippen LogP contribution in [-0.2, 0) is 11.3 Å². The van der Waals surface area contributed by atoms with Gasteiger partial charge in [0.25, 0.3) is 0 Å². The zero-order valence-electron chi connectivity index (χ0n) is 10.8. The third-order valence-electron chi connectivity index (χ3n) is 2.38. The van der Waals surface area contributed by atoms with E-state index in [0.29, 0.717) is 19.7 Å². The summed E-state index contributed by atoms with van der Waals surface area (Å²) in [5.41, 5.74) is 0.767. The lowest BCUT2D eigenvalue weighted by atomic mass is 10.2. The van der Waals surface area contributed by atoms with E-state index < -0.39 is 4.92 Å². The second-order valence-electron chi connectivity index (χ2n) is 3.80. The molecule has 0 unspecified atom stereocenters. The van der Waals surface area contributed by atoms with E-state index in [9.17, 15) is 10.1 Å². The van der Waals surface area contributed by atoms with Crippen LogP contribution in [-0.4, -0.2) is 43.5 Å². The quantitative estimate of drug-likeness (QED) is 0.390. The number of hydrogen-bond donors (Lipinski definition) is 2. The predicted molar refractivity (Wildman–Crippen MR) is 69.3 cm³/mol. The highest BCUT2D eigenvalue weighted by atomic mass is 16.6. The lowest BCUT2D eigenvalue weighted by Crippen LogP contribution is -2.18. The number of nitro benzene ring substituents is 1. The highest BCUT2D eigenvalue weighted by molar-refractivity contribution is 5.48. The Bertz CT molecular complexity index is 411. The molecule has 0 aliphatic rings. The molecule has 1 aromatic rings. The van der Waals surface area contributed by atoms with Crippen LogP contribution in [0.4, 0.5) is 5.69 Å². The van der Waals surface area contributed by atoms with Crippen LogP contribution in [0.3, 0.4) is 0 Å². The second-order valence-corrected chi connectivity index (χ2v) is 3.80. The van der Waals surface area contributed by atoms with Gasteiger partial charge in [0.05, 0.1) is 18.1 Å². The maximum Gasteiger partial charge on any atom is 0.310 e. The van der Waals surface area contributed by atoms with Gasteiger partial charge in [-0.15, -0.1) is 0 Å². The molecule has 7 heteroatoms. The Balaban J connectivity index is 2.70. The maximum absolute atomic E-state index is 10.8. The summed E-state index contributed by atoms with van der Waals surface area (Å²) in [6.45, 7) is 1.70. The van der Waals surface area contributed by atoms with Gasteiger partial charge in [-0.3, -0.25) is 10.1 Å². The number of aliphatic hydroxyl groups excluding tert-OH is 1. The van der Waals surface area contributed by atoms with Gasteiger partial charge < -0.3 is 19.9 Å². The normalized spacial score (nSPS) is 10.4. The molecular weight excluding hydrogens is 252 g/mol. The number of rotatable bonds is 9. The van der Waals surface area contributed by atoms with E-state index in [-0.39, 0.29) is 24.7 Å². The molecule has 0 aliphatic carbocycles. The topological polar surface area (TPSA) is 93.9 Å². The molecule has 2 N–H and O–H groups in total. The van der Waals surface area contributed by atoms with Crippen molar-refractivity contribution in [3.8, 4) is 5.75 Å². The SMILES string of the molecule is COCCNCc1ccc([N+](=O)[O-])c(OCCO)c1. The van der Waals surface area contributed by atoms with E-state index >= 15 is 0 Å². The van der Waals surface area contributed by atoms with E-state index in [4.69, 9.17) is 14.6 Å². The summed E-state index contributed by atoms with van der Waals surface area (Å²) in [7, 11) is 1.62. The van der Waals surface area contributed by atoms with Crippen molar-refractivity contribution in [2.24, 2.45) is 0 Å². The molecule has 1 aromatic carbocycles. The minimum atomic E-state index is -0.505. The Kier molecular flexibility index (Phi) is 6.80. The van der Waals surface area contributed by atoms with Gasteiger partial charge in [0.15, 0.2) is 5.75 Å². The Hall–Kier alpha value is -1.70.